The predicted molar refractivity (Wildman–Crippen MR) is 100 cm³/mol. The Morgan fingerprint density at radius 1 is 0.880 bits per heavy atom. The van der Waals surface area contributed by atoms with Crippen LogP contribution in [-0.4, -0.2) is 9.97 Å². The first-order chi connectivity index (χ1) is 12.3. The summed E-state index contributed by atoms with van der Waals surface area (Å²) in [5.74, 6) is 1.35. The molecule has 0 amide bonds. The second-order valence-corrected chi connectivity index (χ2v) is 7.02. The van der Waals surface area contributed by atoms with Crippen LogP contribution in [0.1, 0.15) is 61.1 Å². The maximum atomic E-state index is 10.9. The molecule has 0 N–H and O–H groups in total. The topological polar surface area (TPSA) is 48.1 Å². The number of fused-ring (bicyclic) bond motifs is 1. The van der Waals surface area contributed by atoms with Gasteiger partial charge in [-0.15, -0.1) is 5.73 Å². The molecule has 3 nitrogen and oxygen atoms in total. The van der Waals surface area contributed by atoms with Gasteiger partial charge >= 0.3 is 0 Å². The third kappa shape index (κ3) is 3.57. The van der Waals surface area contributed by atoms with E-state index in [1.807, 2.05) is 42.5 Å². The van der Waals surface area contributed by atoms with E-state index in [9.17, 15) is 5.73 Å². The maximum absolute atomic E-state index is 10.9. The van der Waals surface area contributed by atoms with Crippen LogP contribution in [0.25, 0.3) is 10.9 Å². The van der Waals surface area contributed by atoms with Crippen LogP contribution in [0, 0.1) is 0 Å². The molecule has 4 rings (SSSR count). The fraction of sp³-hybridized carbons (Fsp3) is 0.364. The van der Waals surface area contributed by atoms with Crippen molar-refractivity contribution < 1.29 is 0 Å². The predicted octanol–water partition coefficient (Wildman–Crippen LogP) is 5.03. The van der Waals surface area contributed by atoms with E-state index >= 15 is 0 Å². The van der Waals surface area contributed by atoms with Gasteiger partial charge in [-0.1, -0.05) is 67.8 Å². The van der Waals surface area contributed by atoms with Crippen molar-refractivity contribution in [1.82, 2.24) is 15.7 Å². The summed E-state index contributed by atoms with van der Waals surface area (Å²) in [4.78, 5) is 9.69. The molecule has 1 aromatic heterocycles. The SMILES string of the molecule is [N]C(Cc1ccccc1)c1nc(C2CCCCC2)nc2ccccc12. The fourth-order valence-electron chi connectivity index (χ4n) is 3.85. The molecule has 0 saturated heterocycles. The van der Waals surface area contributed by atoms with Crippen molar-refractivity contribution in [3.8, 4) is 0 Å². The smallest absolute Gasteiger partial charge is 0.132 e. The Morgan fingerprint density at radius 3 is 2.40 bits per heavy atom. The highest BCUT2D eigenvalue weighted by Crippen LogP contribution is 2.33. The molecular formula is C22H23N3. The molecule has 3 aromatic rings. The summed E-state index contributed by atoms with van der Waals surface area (Å²) in [6, 6.07) is 17.5. The molecule has 25 heavy (non-hydrogen) atoms. The summed E-state index contributed by atoms with van der Waals surface area (Å²) in [5, 5.41) is 0.963. The molecule has 3 heteroatoms. The van der Waals surface area contributed by atoms with Gasteiger partial charge in [-0.2, -0.15) is 0 Å². The average molecular weight is 329 g/mol. The Morgan fingerprint density at radius 2 is 1.60 bits per heavy atom. The molecule has 1 saturated carbocycles. The number of benzene rings is 2. The first-order valence-electron chi connectivity index (χ1n) is 9.30. The van der Waals surface area contributed by atoms with Gasteiger partial charge in [-0.3, -0.25) is 0 Å². The van der Waals surface area contributed by atoms with Gasteiger partial charge in [0.2, 0.25) is 0 Å². The van der Waals surface area contributed by atoms with Crippen molar-refractivity contribution in [3.63, 3.8) is 0 Å². The molecule has 1 atom stereocenters. The Kier molecular flexibility index (Phi) is 4.75. The molecule has 1 unspecified atom stereocenters. The zero-order valence-electron chi connectivity index (χ0n) is 14.4. The number of hydrogen-bond donors (Lipinski definition) is 0. The Balaban J connectivity index is 1.72. The molecule has 1 fully saturated rings. The van der Waals surface area contributed by atoms with Crippen LogP contribution in [0.3, 0.4) is 0 Å². The monoisotopic (exact) mass is 329 g/mol. The van der Waals surface area contributed by atoms with Crippen LogP contribution in [0.5, 0.6) is 0 Å². The summed E-state index contributed by atoms with van der Waals surface area (Å²) in [6.07, 6.45) is 6.71. The highest BCUT2D eigenvalue weighted by molar-refractivity contribution is 5.81. The van der Waals surface area contributed by atoms with Crippen molar-refractivity contribution in [3.05, 3.63) is 71.7 Å². The van der Waals surface area contributed by atoms with Crippen LogP contribution in [0.4, 0.5) is 0 Å². The molecule has 126 valence electrons. The summed E-state index contributed by atoms with van der Waals surface area (Å²) < 4.78 is 0. The molecule has 2 aromatic carbocycles. The summed E-state index contributed by atoms with van der Waals surface area (Å²) >= 11 is 0. The summed E-state index contributed by atoms with van der Waals surface area (Å²) in [6.45, 7) is 0. The van der Waals surface area contributed by atoms with Crippen LogP contribution < -0.4 is 5.73 Å². The van der Waals surface area contributed by atoms with E-state index in [0.717, 1.165) is 40.8 Å². The Bertz CT molecular complexity index is 838. The minimum atomic E-state index is -0.613. The molecule has 1 aliphatic rings. The molecular weight excluding hydrogens is 306 g/mol. The second-order valence-electron chi connectivity index (χ2n) is 7.02. The largest absolute Gasteiger partial charge is 0.235 e. The number of aromatic nitrogens is 2. The highest BCUT2D eigenvalue weighted by atomic mass is 14.9. The van der Waals surface area contributed by atoms with Crippen LogP contribution in [0.2, 0.25) is 0 Å². The van der Waals surface area contributed by atoms with Gasteiger partial charge in [0.15, 0.2) is 0 Å². The van der Waals surface area contributed by atoms with Crippen LogP contribution in [0.15, 0.2) is 54.6 Å². The normalized spacial score (nSPS) is 16.8. The van der Waals surface area contributed by atoms with Crippen molar-refractivity contribution in [1.29, 1.82) is 0 Å². The van der Waals surface area contributed by atoms with Gasteiger partial charge in [-0.25, -0.2) is 9.97 Å². The third-order valence-corrected chi connectivity index (χ3v) is 5.21. The number of para-hydroxylation sites is 1. The molecule has 2 radical (unpaired) electrons. The van der Waals surface area contributed by atoms with Crippen LogP contribution in [-0.2, 0) is 6.42 Å². The second kappa shape index (κ2) is 7.32. The first kappa shape index (κ1) is 16.2. The fourth-order valence-corrected chi connectivity index (χ4v) is 3.85. The minimum Gasteiger partial charge on any atom is -0.235 e. The number of hydrogen-bond acceptors (Lipinski definition) is 2. The average Bonchev–Trinajstić information content (AvgIpc) is 2.68. The zero-order chi connectivity index (χ0) is 17.1. The molecule has 0 spiro atoms. The summed E-state index contributed by atoms with van der Waals surface area (Å²) in [7, 11) is 0. The molecule has 0 bridgehead atoms. The lowest BCUT2D eigenvalue weighted by Gasteiger charge is -2.22. The highest BCUT2D eigenvalue weighted by Gasteiger charge is 2.22. The quantitative estimate of drug-likeness (QED) is 0.674. The van der Waals surface area contributed by atoms with Crippen LogP contribution >= 0.6 is 0 Å². The Hall–Kier alpha value is -2.26. The standard InChI is InChI=1S/C22H23N3/c23-19(15-16-9-3-1-4-10-16)21-18-13-7-8-14-20(18)24-22(25-21)17-11-5-2-6-12-17/h1,3-4,7-10,13-14,17,19H,2,5-6,11-12,15H2. The molecule has 1 heterocycles. The number of rotatable bonds is 4. The van der Waals surface area contributed by atoms with E-state index in [4.69, 9.17) is 9.97 Å². The van der Waals surface area contributed by atoms with E-state index in [-0.39, 0.29) is 0 Å². The van der Waals surface area contributed by atoms with E-state index < -0.39 is 6.04 Å². The first-order valence-corrected chi connectivity index (χ1v) is 9.30. The molecule has 1 aliphatic carbocycles. The van der Waals surface area contributed by atoms with E-state index in [2.05, 4.69) is 12.1 Å². The summed E-state index contributed by atoms with van der Waals surface area (Å²) in [5.41, 5.74) is 13.7. The van der Waals surface area contributed by atoms with Gasteiger partial charge in [0, 0.05) is 11.3 Å². The van der Waals surface area contributed by atoms with Gasteiger partial charge in [0.1, 0.15) is 5.82 Å². The lowest BCUT2D eigenvalue weighted by molar-refractivity contribution is 0.428. The van der Waals surface area contributed by atoms with Crippen molar-refractivity contribution in [2.75, 3.05) is 0 Å². The van der Waals surface area contributed by atoms with Gasteiger partial charge in [-0.05, 0) is 30.9 Å². The van der Waals surface area contributed by atoms with E-state index in [0.29, 0.717) is 12.3 Å². The van der Waals surface area contributed by atoms with Gasteiger partial charge in [0.25, 0.3) is 0 Å². The van der Waals surface area contributed by atoms with Crippen molar-refractivity contribution in [2.45, 2.75) is 50.5 Å². The maximum Gasteiger partial charge on any atom is 0.132 e. The third-order valence-electron chi connectivity index (χ3n) is 5.21. The lowest BCUT2D eigenvalue weighted by atomic mass is 9.88. The van der Waals surface area contributed by atoms with Gasteiger partial charge < -0.3 is 0 Å². The Labute approximate surface area is 149 Å². The molecule has 0 aliphatic heterocycles. The van der Waals surface area contributed by atoms with Gasteiger partial charge in [0.05, 0.1) is 17.3 Å². The minimum absolute atomic E-state index is 0.432. The van der Waals surface area contributed by atoms with Crippen molar-refractivity contribution in [2.24, 2.45) is 0 Å². The zero-order valence-corrected chi connectivity index (χ0v) is 14.4. The number of nitrogens with zero attached hydrogens (tertiary/aromatic N) is 3. The van der Waals surface area contributed by atoms with E-state index in [1.54, 1.807) is 0 Å². The van der Waals surface area contributed by atoms with E-state index in [1.165, 1.54) is 19.3 Å². The lowest BCUT2D eigenvalue weighted by Crippen LogP contribution is -2.14. The van der Waals surface area contributed by atoms with Crippen molar-refractivity contribution >= 4 is 10.9 Å².